The number of nitro benzene ring substituents is 1. The number of ether oxygens (including phenoxy) is 1. The lowest BCUT2D eigenvalue weighted by Crippen LogP contribution is -2.24. The third-order valence-corrected chi connectivity index (χ3v) is 4.54. The topological polar surface area (TPSA) is 98.5 Å². The third kappa shape index (κ3) is 4.53. The smallest absolute Gasteiger partial charge is 0.289 e. The van der Waals surface area contributed by atoms with Crippen LogP contribution in [0.25, 0.3) is 0 Å². The van der Waals surface area contributed by atoms with Gasteiger partial charge in [0.15, 0.2) is 4.90 Å². The molecular formula is C16H18N2O5S. The molecule has 0 spiro atoms. The summed E-state index contributed by atoms with van der Waals surface area (Å²) < 4.78 is 32.6. The first-order chi connectivity index (χ1) is 11.3. The molecule has 0 saturated heterocycles. The summed E-state index contributed by atoms with van der Waals surface area (Å²) in [6.45, 7) is 3.79. The van der Waals surface area contributed by atoms with Crippen LogP contribution in [0, 0.1) is 10.1 Å². The van der Waals surface area contributed by atoms with Crippen molar-refractivity contribution >= 4 is 15.7 Å². The molecule has 24 heavy (non-hydrogen) atoms. The van der Waals surface area contributed by atoms with Crippen molar-refractivity contribution in [1.29, 1.82) is 0 Å². The molecule has 0 aliphatic carbocycles. The van der Waals surface area contributed by atoms with E-state index in [1.54, 1.807) is 24.3 Å². The van der Waals surface area contributed by atoms with E-state index in [0.29, 0.717) is 11.3 Å². The lowest BCUT2D eigenvalue weighted by atomic mass is 10.2. The van der Waals surface area contributed by atoms with Gasteiger partial charge in [-0.15, -0.1) is 0 Å². The van der Waals surface area contributed by atoms with E-state index in [1.807, 2.05) is 13.8 Å². The minimum absolute atomic E-state index is 0.00362. The first-order valence-electron chi connectivity index (χ1n) is 7.28. The molecule has 0 heterocycles. The number of hydrogen-bond donors (Lipinski definition) is 1. The average Bonchev–Trinajstić information content (AvgIpc) is 2.53. The van der Waals surface area contributed by atoms with Crippen molar-refractivity contribution < 1.29 is 18.1 Å². The van der Waals surface area contributed by atoms with E-state index in [0.717, 1.165) is 6.07 Å². The van der Waals surface area contributed by atoms with Crippen LogP contribution in [0.3, 0.4) is 0 Å². The second-order valence-electron chi connectivity index (χ2n) is 5.36. The van der Waals surface area contributed by atoms with Crippen LogP contribution >= 0.6 is 0 Å². The molecule has 0 saturated carbocycles. The van der Waals surface area contributed by atoms with E-state index in [2.05, 4.69) is 4.72 Å². The molecule has 8 heteroatoms. The van der Waals surface area contributed by atoms with Gasteiger partial charge in [-0.2, -0.15) is 0 Å². The lowest BCUT2D eigenvalue weighted by Gasteiger charge is -2.11. The van der Waals surface area contributed by atoms with Crippen LogP contribution in [0.2, 0.25) is 0 Å². The van der Waals surface area contributed by atoms with Crippen molar-refractivity contribution in [2.24, 2.45) is 0 Å². The first-order valence-corrected chi connectivity index (χ1v) is 8.76. The Morgan fingerprint density at radius 3 is 2.54 bits per heavy atom. The van der Waals surface area contributed by atoms with Crippen LogP contribution in [0.5, 0.6) is 5.75 Å². The van der Waals surface area contributed by atoms with Gasteiger partial charge >= 0.3 is 0 Å². The summed E-state index contributed by atoms with van der Waals surface area (Å²) >= 11 is 0. The number of sulfonamides is 1. The number of hydrogen-bond acceptors (Lipinski definition) is 5. The largest absolute Gasteiger partial charge is 0.491 e. The van der Waals surface area contributed by atoms with Gasteiger partial charge < -0.3 is 4.74 Å². The molecule has 0 amide bonds. The van der Waals surface area contributed by atoms with Crippen molar-refractivity contribution in [3.05, 3.63) is 64.2 Å². The Morgan fingerprint density at radius 2 is 1.88 bits per heavy atom. The number of rotatable bonds is 7. The summed E-state index contributed by atoms with van der Waals surface area (Å²) in [5.41, 5.74) is 0.234. The molecule has 7 nitrogen and oxygen atoms in total. The molecule has 2 aromatic carbocycles. The van der Waals surface area contributed by atoms with Gasteiger partial charge in [0, 0.05) is 12.6 Å². The van der Waals surface area contributed by atoms with Crippen molar-refractivity contribution in [3.8, 4) is 5.75 Å². The molecule has 0 fully saturated rings. The summed E-state index contributed by atoms with van der Waals surface area (Å²) in [6, 6.07) is 12.2. The first kappa shape index (κ1) is 17.9. The zero-order valence-electron chi connectivity index (χ0n) is 13.3. The van der Waals surface area contributed by atoms with Gasteiger partial charge in [0.2, 0.25) is 10.0 Å². The van der Waals surface area contributed by atoms with Gasteiger partial charge in [-0.1, -0.05) is 24.3 Å². The van der Waals surface area contributed by atoms with Crippen LogP contribution in [-0.2, 0) is 16.6 Å². The monoisotopic (exact) mass is 350 g/mol. The van der Waals surface area contributed by atoms with Gasteiger partial charge in [-0.05, 0) is 37.6 Å². The van der Waals surface area contributed by atoms with Gasteiger partial charge in [-0.25, -0.2) is 13.1 Å². The number of nitrogens with one attached hydrogen (secondary N) is 1. The highest BCUT2D eigenvalue weighted by Crippen LogP contribution is 2.23. The molecule has 128 valence electrons. The van der Waals surface area contributed by atoms with Crippen LogP contribution in [0.15, 0.2) is 53.4 Å². The number of benzene rings is 2. The van der Waals surface area contributed by atoms with Crippen molar-refractivity contribution in [3.63, 3.8) is 0 Å². The highest BCUT2D eigenvalue weighted by Gasteiger charge is 2.24. The van der Waals surface area contributed by atoms with Gasteiger partial charge in [-0.3, -0.25) is 10.1 Å². The maximum absolute atomic E-state index is 12.3. The normalized spacial score (nSPS) is 11.5. The minimum Gasteiger partial charge on any atom is -0.491 e. The maximum Gasteiger partial charge on any atom is 0.289 e. The molecule has 0 aliphatic heterocycles. The number of nitrogens with zero attached hydrogens (tertiary/aromatic N) is 1. The van der Waals surface area contributed by atoms with Crippen LogP contribution in [-0.4, -0.2) is 19.4 Å². The quantitative estimate of drug-likeness (QED) is 0.611. The Balaban J connectivity index is 2.18. The Hall–Kier alpha value is -2.45. The highest BCUT2D eigenvalue weighted by molar-refractivity contribution is 7.89. The summed E-state index contributed by atoms with van der Waals surface area (Å²) in [7, 11) is -4.00. The van der Waals surface area contributed by atoms with Crippen LogP contribution in [0.4, 0.5) is 5.69 Å². The van der Waals surface area contributed by atoms with Crippen molar-refractivity contribution in [2.45, 2.75) is 31.4 Å². The molecule has 1 N–H and O–H groups in total. The molecule has 0 aliphatic rings. The Labute approximate surface area is 140 Å². The van der Waals surface area contributed by atoms with E-state index >= 15 is 0 Å². The van der Waals surface area contributed by atoms with E-state index in [1.165, 1.54) is 18.2 Å². The average molecular weight is 350 g/mol. The van der Waals surface area contributed by atoms with Gasteiger partial charge in [0.25, 0.3) is 5.69 Å². The van der Waals surface area contributed by atoms with Gasteiger partial charge in [0.05, 0.1) is 11.0 Å². The third-order valence-electron chi connectivity index (χ3n) is 3.09. The standard InChI is InChI=1S/C16H18N2O5S/c1-12(2)23-14-7-5-6-13(10-14)11-17-24(21,22)16-9-4-3-8-15(16)18(19)20/h3-10,12,17H,11H2,1-2H3. The molecule has 0 aromatic heterocycles. The molecule has 0 radical (unpaired) electrons. The highest BCUT2D eigenvalue weighted by atomic mass is 32.2. The predicted molar refractivity (Wildman–Crippen MR) is 89.3 cm³/mol. The molecule has 0 bridgehead atoms. The molecule has 2 rings (SSSR count). The lowest BCUT2D eigenvalue weighted by molar-refractivity contribution is -0.387. The van der Waals surface area contributed by atoms with E-state index in [4.69, 9.17) is 4.74 Å². The zero-order valence-corrected chi connectivity index (χ0v) is 14.1. The second-order valence-corrected chi connectivity index (χ2v) is 7.10. The SMILES string of the molecule is CC(C)Oc1cccc(CNS(=O)(=O)c2ccccc2[N+](=O)[O-])c1. The summed E-state index contributed by atoms with van der Waals surface area (Å²) in [5.74, 6) is 0.632. The Bertz CT molecular complexity index is 834. The molecule has 0 unspecified atom stereocenters. The fourth-order valence-corrected chi connectivity index (χ4v) is 3.28. The number of para-hydroxylation sites is 1. The Kier molecular flexibility index (Phi) is 5.53. The van der Waals surface area contributed by atoms with E-state index in [9.17, 15) is 18.5 Å². The van der Waals surface area contributed by atoms with E-state index in [-0.39, 0.29) is 17.5 Å². The minimum atomic E-state index is -4.00. The maximum atomic E-state index is 12.3. The fraction of sp³-hybridized carbons (Fsp3) is 0.250. The van der Waals surface area contributed by atoms with E-state index < -0.39 is 20.6 Å². The van der Waals surface area contributed by atoms with Crippen molar-refractivity contribution in [2.75, 3.05) is 0 Å². The summed E-state index contributed by atoms with van der Waals surface area (Å²) in [4.78, 5) is 9.91. The molecule has 0 atom stereocenters. The zero-order chi connectivity index (χ0) is 17.7. The van der Waals surface area contributed by atoms with Crippen LogP contribution in [0.1, 0.15) is 19.4 Å². The summed E-state index contributed by atoms with van der Waals surface area (Å²) in [5, 5.41) is 11.0. The number of nitro groups is 1. The predicted octanol–water partition coefficient (Wildman–Crippen LogP) is 2.86. The molecular weight excluding hydrogens is 332 g/mol. The van der Waals surface area contributed by atoms with Crippen molar-refractivity contribution in [1.82, 2.24) is 4.72 Å². The van der Waals surface area contributed by atoms with Crippen LogP contribution < -0.4 is 9.46 Å². The fourth-order valence-electron chi connectivity index (χ4n) is 2.09. The second kappa shape index (κ2) is 7.41. The molecule has 2 aromatic rings. The summed E-state index contributed by atoms with van der Waals surface area (Å²) in [6.07, 6.45) is 0.00362. The van der Waals surface area contributed by atoms with Gasteiger partial charge in [0.1, 0.15) is 5.75 Å². The Morgan fingerprint density at radius 1 is 1.17 bits per heavy atom.